The zero-order valence-corrected chi connectivity index (χ0v) is 20.9. The molecular formula is C29H48O. The molecule has 170 valence electrons. The van der Waals surface area contributed by atoms with Gasteiger partial charge in [-0.25, -0.2) is 0 Å². The third-order valence-corrected chi connectivity index (χ3v) is 11.1. The van der Waals surface area contributed by atoms with Crippen molar-refractivity contribution in [3.63, 3.8) is 0 Å². The van der Waals surface area contributed by atoms with Gasteiger partial charge in [0.25, 0.3) is 0 Å². The molecule has 0 spiro atoms. The monoisotopic (exact) mass is 412 g/mol. The SMILES string of the molecule is CC(C=CC(C)(C)C(C)C)C1CCC2C3CC=C4CC(O)CCC4(C)C3CCC12C. The quantitative estimate of drug-likeness (QED) is 0.467. The third kappa shape index (κ3) is 3.56. The first-order valence-electron chi connectivity index (χ1n) is 13.1. The second kappa shape index (κ2) is 7.79. The van der Waals surface area contributed by atoms with Gasteiger partial charge in [-0.3, -0.25) is 0 Å². The van der Waals surface area contributed by atoms with Gasteiger partial charge in [0.15, 0.2) is 0 Å². The molecule has 1 N–H and O–H groups in total. The molecule has 0 saturated heterocycles. The topological polar surface area (TPSA) is 20.2 Å². The second-order valence-corrected chi connectivity index (χ2v) is 13.1. The van der Waals surface area contributed by atoms with Gasteiger partial charge < -0.3 is 5.11 Å². The Morgan fingerprint density at radius 3 is 2.47 bits per heavy atom. The Labute approximate surface area is 186 Å². The summed E-state index contributed by atoms with van der Waals surface area (Å²) in [6.45, 7) is 17.2. The molecular weight excluding hydrogens is 364 g/mol. The van der Waals surface area contributed by atoms with Crippen molar-refractivity contribution in [2.24, 2.45) is 51.8 Å². The van der Waals surface area contributed by atoms with Crippen LogP contribution in [0.3, 0.4) is 0 Å². The normalized spacial score (nSPS) is 45.1. The van der Waals surface area contributed by atoms with Crippen LogP contribution in [-0.2, 0) is 0 Å². The van der Waals surface area contributed by atoms with Crippen LogP contribution in [0.4, 0.5) is 0 Å². The Morgan fingerprint density at radius 2 is 1.77 bits per heavy atom. The van der Waals surface area contributed by atoms with Crippen LogP contribution in [0.2, 0.25) is 0 Å². The Hall–Kier alpha value is -0.560. The largest absolute Gasteiger partial charge is 0.393 e. The Balaban J connectivity index is 1.54. The first-order valence-corrected chi connectivity index (χ1v) is 13.1. The highest BCUT2D eigenvalue weighted by atomic mass is 16.3. The lowest BCUT2D eigenvalue weighted by Gasteiger charge is -2.58. The lowest BCUT2D eigenvalue weighted by atomic mass is 9.47. The summed E-state index contributed by atoms with van der Waals surface area (Å²) < 4.78 is 0. The van der Waals surface area contributed by atoms with Crippen LogP contribution in [0.25, 0.3) is 0 Å². The number of fused-ring (bicyclic) bond motifs is 5. The van der Waals surface area contributed by atoms with Gasteiger partial charge >= 0.3 is 0 Å². The van der Waals surface area contributed by atoms with E-state index >= 15 is 0 Å². The highest BCUT2D eigenvalue weighted by Gasteiger charge is 2.58. The molecule has 3 fully saturated rings. The molecule has 4 rings (SSSR count). The van der Waals surface area contributed by atoms with Crippen molar-refractivity contribution in [2.45, 2.75) is 106 Å². The van der Waals surface area contributed by atoms with E-state index in [9.17, 15) is 5.11 Å². The molecule has 0 aromatic rings. The molecule has 0 heterocycles. The van der Waals surface area contributed by atoms with Gasteiger partial charge in [-0.05, 0) is 103 Å². The van der Waals surface area contributed by atoms with Crippen molar-refractivity contribution in [3.8, 4) is 0 Å². The predicted octanol–water partition coefficient (Wildman–Crippen LogP) is 7.80. The average molecular weight is 413 g/mol. The summed E-state index contributed by atoms with van der Waals surface area (Å²) in [7, 11) is 0. The number of rotatable bonds is 4. The van der Waals surface area contributed by atoms with Crippen molar-refractivity contribution in [3.05, 3.63) is 23.8 Å². The maximum atomic E-state index is 10.2. The molecule has 3 saturated carbocycles. The molecule has 1 heteroatoms. The minimum atomic E-state index is -0.0895. The van der Waals surface area contributed by atoms with E-state index in [0.717, 1.165) is 36.5 Å². The number of aliphatic hydroxyl groups excluding tert-OH is 1. The van der Waals surface area contributed by atoms with Gasteiger partial charge in [0.1, 0.15) is 0 Å². The number of aliphatic hydroxyl groups is 1. The molecule has 0 amide bonds. The smallest absolute Gasteiger partial charge is 0.0577 e. The van der Waals surface area contributed by atoms with E-state index in [1.807, 2.05) is 0 Å². The second-order valence-electron chi connectivity index (χ2n) is 13.1. The van der Waals surface area contributed by atoms with E-state index in [-0.39, 0.29) is 11.5 Å². The van der Waals surface area contributed by atoms with Crippen LogP contribution in [0, 0.1) is 51.8 Å². The van der Waals surface area contributed by atoms with E-state index in [4.69, 9.17) is 0 Å². The maximum absolute atomic E-state index is 10.2. The minimum Gasteiger partial charge on any atom is -0.393 e. The standard InChI is InChI=1S/C29H48O/c1-19(2)27(4,5)15-12-20(3)24-10-11-25-23-9-8-21-18-22(30)13-16-28(21,6)26(23)14-17-29(24,25)7/h8,12,15,19-20,22-26,30H,9-11,13-14,16-18H2,1-7H3. The molecule has 0 aliphatic heterocycles. The van der Waals surface area contributed by atoms with Gasteiger partial charge in [-0.15, -0.1) is 0 Å². The van der Waals surface area contributed by atoms with Gasteiger partial charge in [0, 0.05) is 0 Å². The van der Waals surface area contributed by atoms with Gasteiger partial charge in [0.05, 0.1) is 6.10 Å². The summed E-state index contributed by atoms with van der Waals surface area (Å²) in [4.78, 5) is 0. The van der Waals surface area contributed by atoms with Crippen LogP contribution in [0.5, 0.6) is 0 Å². The fourth-order valence-electron chi connectivity index (χ4n) is 8.27. The molecule has 4 aliphatic carbocycles. The predicted molar refractivity (Wildman–Crippen MR) is 128 cm³/mol. The van der Waals surface area contributed by atoms with Crippen molar-refractivity contribution >= 4 is 0 Å². The fourth-order valence-corrected chi connectivity index (χ4v) is 8.27. The summed E-state index contributed by atoms with van der Waals surface area (Å²) in [6.07, 6.45) is 17.7. The van der Waals surface area contributed by atoms with Crippen LogP contribution >= 0.6 is 0 Å². The highest BCUT2D eigenvalue weighted by molar-refractivity contribution is 5.25. The molecule has 30 heavy (non-hydrogen) atoms. The van der Waals surface area contributed by atoms with E-state index in [1.54, 1.807) is 5.57 Å². The summed E-state index contributed by atoms with van der Waals surface area (Å²) in [5.41, 5.74) is 2.78. The highest BCUT2D eigenvalue weighted by Crippen LogP contribution is 2.67. The summed E-state index contributed by atoms with van der Waals surface area (Å²) in [5.74, 6) is 4.84. The van der Waals surface area contributed by atoms with Crippen LogP contribution < -0.4 is 0 Å². The summed E-state index contributed by atoms with van der Waals surface area (Å²) >= 11 is 0. The maximum Gasteiger partial charge on any atom is 0.0577 e. The fraction of sp³-hybridized carbons (Fsp3) is 0.862. The summed E-state index contributed by atoms with van der Waals surface area (Å²) in [5, 5.41) is 10.2. The van der Waals surface area contributed by atoms with Gasteiger partial charge in [-0.1, -0.05) is 72.3 Å². The Morgan fingerprint density at radius 1 is 1.03 bits per heavy atom. The average Bonchev–Trinajstić information content (AvgIpc) is 3.04. The molecule has 8 unspecified atom stereocenters. The van der Waals surface area contributed by atoms with E-state index in [1.165, 1.54) is 38.5 Å². The van der Waals surface area contributed by atoms with Gasteiger partial charge in [0.2, 0.25) is 0 Å². The molecule has 0 bridgehead atoms. The molecule has 8 atom stereocenters. The lowest BCUT2D eigenvalue weighted by molar-refractivity contribution is -0.0541. The van der Waals surface area contributed by atoms with E-state index < -0.39 is 0 Å². The van der Waals surface area contributed by atoms with Gasteiger partial charge in [-0.2, -0.15) is 0 Å². The van der Waals surface area contributed by atoms with Crippen LogP contribution in [0.15, 0.2) is 23.8 Å². The Bertz CT molecular complexity index is 699. The zero-order valence-electron chi connectivity index (χ0n) is 20.9. The van der Waals surface area contributed by atoms with Crippen molar-refractivity contribution in [2.75, 3.05) is 0 Å². The first-order chi connectivity index (χ1) is 14.0. The first kappa shape index (κ1) is 22.6. The van der Waals surface area contributed by atoms with Crippen LogP contribution in [0.1, 0.15) is 99.8 Å². The molecule has 0 radical (unpaired) electrons. The number of hydrogen-bond acceptors (Lipinski definition) is 1. The Kier molecular flexibility index (Phi) is 5.87. The number of allylic oxidation sites excluding steroid dienone is 3. The van der Waals surface area contributed by atoms with Crippen molar-refractivity contribution < 1.29 is 5.11 Å². The number of hydrogen-bond donors (Lipinski definition) is 1. The molecule has 0 aromatic heterocycles. The lowest BCUT2D eigenvalue weighted by Crippen LogP contribution is -2.50. The summed E-state index contributed by atoms with van der Waals surface area (Å²) in [6, 6.07) is 0. The van der Waals surface area contributed by atoms with E-state index in [2.05, 4.69) is 66.7 Å². The van der Waals surface area contributed by atoms with E-state index in [0.29, 0.717) is 22.7 Å². The van der Waals surface area contributed by atoms with Crippen molar-refractivity contribution in [1.82, 2.24) is 0 Å². The third-order valence-electron chi connectivity index (χ3n) is 11.1. The minimum absolute atomic E-state index is 0.0895. The molecule has 0 aromatic carbocycles. The van der Waals surface area contributed by atoms with Crippen LogP contribution in [-0.4, -0.2) is 11.2 Å². The zero-order chi connectivity index (χ0) is 21.9. The molecule has 1 nitrogen and oxygen atoms in total. The van der Waals surface area contributed by atoms with Crippen molar-refractivity contribution in [1.29, 1.82) is 0 Å². The molecule has 4 aliphatic rings.